The van der Waals surface area contributed by atoms with Crippen molar-refractivity contribution in [2.24, 2.45) is 0 Å². The number of carbonyl (C=O) groups excluding carboxylic acids is 2. The normalized spacial score (nSPS) is 15.6. The lowest BCUT2D eigenvalue weighted by Crippen LogP contribution is -2.38. The molecule has 1 fully saturated rings. The maximum absolute atomic E-state index is 12.2. The van der Waals surface area contributed by atoms with E-state index in [0.29, 0.717) is 19.0 Å². The lowest BCUT2D eigenvalue weighted by molar-refractivity contribution is -0.121. The second-order valence-corrected chi connectivity index (χ2v) is 7.46. The molecule has 1 saturated carbocycles. The van der Waals surface area contributed by atoms with E-state index < -0.39 is 0 Å². The van der Waals surface area contributed by atoms with Crippen molar-refractivity contribution in [2.75, 3.05) is 11.4 Å². The molecular weight excluding hydrogens is 368 g/mol. The van der Waals surface area contributed by atoms with Crippen molar-refractivity contribution in [1.82, 2.24) is 5.32 Å². The molecule has 0 bridgehead atoms. The van der Waals surface area contributed by atoms with Gasteiger partial charge in [0.2, 0.25) is 11.8 Å². The van der Waals surface area contributed by atoms with Crippen LogP contribution in [0.5, 0.6) is 0 Å². The summed E-state index contributed by atoms with van der Waals surface area (Å²) in [7, 11) is 0. The molecule has 0 unspecified atom stereocenters. The predicted molar refractivity (Wildman–Crippen MR) is 101 cm³/mol. The number of carbonyl (C=O) groups is 2. The quantitative estimate of drug-likeness (QED) is 0.754. The van der Waals surface area contributed by atoms with E-state index in [1.165, 1.54) is 25.7 Å². The Morgan fingerprint density at radius 3 is 2.46 bits per heavy atom. The zero-order valence-electron chi connectivity index (χ0n) is 14.6. The van der Waals surface area contributed by atoms with Crippen LogP contribution in [-0.2, 0) is 9.59 Å². The van der Waals surface area contributed by atoms with Crippen LogP contribution in [0.15, 0.2) is 22.7 Å². The third-order valence-corrected chi connectivity index (χ3v) is 5.51. The smallest absolute Gasteiger partial charge is 0.223 e. The van der Waals surface area contributed by atoms with E-state index in [2.05, 4.69) is 21.2 Å². The van der Waals surface area contributed by atoms with Crippen molar-refractivity contribution in [3.8, 4) is 0 Å². The summed E-state index contributed by atoms with van der Waals surface area (Å²) in [6.45, 7) is 3.94. The molecule has 1 aromatic rings. The zero-order valence-corrected chi connectivity index (χ0v) is 16.2. The summed E-state index contributed by atoms with van der Waals surface area (Å²) in [6.07, 6.45) is 7.43. The van der Waals surface area contributed by atoms with E-state index in [4.69, 9.17) is 0 Å². The average molecular weight is 395 g/mol. The summed E-state index contributed by atoms with van der Waals surface area (Å²) in [6, 6.07) is 6.11. The standard InChI is InChI=1S/C19H27BrN2O2/c1-14-13-17(9-10-18(14)20)22(15(2)23)12-11-19(24)21-16-7-5-3-4-6-8-16/h9-10,13,16H,3-8,11-12H2,1-2H3,(H,21,24). The number of nitrogens with one attached hydrogen (secondary N) is 1. The number of nitrogens with zero attached hydrogens (tertiary/aromatic N) is 1. The third-order valence-electron chi connectivity index (χ3n) is 4.62. The molecule has 1 N–H and O–H groups in total. The molecule has 0 spiro atoms. The highest BCUT2D eigenvalue weighted by Crippen LogP contribution is 2.23. The molecule has 132 valence electrons. The van der Waals surface area contributed by atoms with Gasteiger partial charge in [-0.2, -0.15) is 0 Å². The minimum Gasteiger partial charge on any atom is -0.353 e. The fourth-order valence-corrected chi connectivity index (χ4v) is 3.45. The van der Waals surface area contributed by atoms with Gasteiger partial charge in [-0.3, -0.25) is 9.59 Å². The molecule has 24 heavy (non-hydrogen) atoms. The third kappa shape index (κ3) is 5.62. The van der Waals surface area contributed by atoms with Crippen molar-refractivity contribution < 1.29 is 9.59 Å². The summed E-state index contributed by atoms with van der Waals surface area (Å²) in [4.78, 5) is 25.9. The molecule has 4 nitrogen and oxygen atoms in total. The van der Waals surface area contributed by atoms with E-state index >= 15 is 0 Å². The first-order chi connectivity index (χ1) is 11.5. The van der Waals surface area contributed by atoms with Crippen LogP contribution in [0.1, 0.15) is 57.4 Å². The van der Waals surface area contributed by atoms with Crippen LogP contribution in [-0.4, -0.2) is 24.4 Å². The van der Waals surface area contributed by atoms with Gasteiger partial charge in [-0.25, -0.2) is 0 Å². The lowest BCUT2D eigenvalue weighted by Gasteiger charge is -2.23. The number of amides is 2. The van der Waals surface area contributed by atoms with Crippen molar-refractivity contribution in [3.05, 3.63) is 28.2 Å². The van der Waals surface area contributed by atoms with E-state index in [0.717, 1.165) is 28.6 Å². The molecule has 5 heteroatoms. The van der Waals surface area contributed by atoms with Crippen molar-refractivity contribution in [3.63, 3.8) is 0 Å². The molecule has 1 aromatic carbocycles. The summed E-state index contributed by atoms with van der Waals surface area (Å²) < 4.78 is 1.01. The number of anilines is 1. The molecule has 0 atom stereocenters. The number of hydrogen-bond donors (Lipinski definition) is 1. The number of rotatable bonds is 5. The van der Waals surface area contributed by atoms with Crippen molar-refractivity contribution in [2.45, 2.75) is 64.8 Å². The minimum absolute atomic E-state index is 0.0426. The van der Waals surface area contributed by atoms with Gasteiger partial charge in [0.25, 0.3) is 0 Å². The zero-order chi connectivity index (χ0) is 17.5. The van der Waals surface area contributed by atoms with Gasteiger partial charge in [-0.1, -0.05) is 41.6 Å². The largest absolute Gasteiger partial charge is 0.353 e. The van der Waals surface area contributed by atoms with Crippen LogP contribution in [0.25, 0.3) is 0 Å². The lowest BCUT2D eigenvalue weighted by atomic mass is 10.1. The summed E-state index contributed by atoms with van der Waals surface area (Å²) >= 11 is 3.47. The Bertz CT molecular complexity index is 581. The van der Waals surface area contributed by atoms with Gasteiger partial charge in [0.1, 0.15) is 0 Å². The van der Waals surface area contributed by atoms with Crippen molar-refractivity contribution in [1.29, 1.82) is 0 Å². The Morgan fingerprint density at radius 2 is 1.88 bits per heavy atom. The highest BCUT2D eigenvalue weighted by Gasteiger charge is 2.17. The number of halogens is 1. The van der Waals surface area contributed by atoms with Crippen molar-refractivity contribution >= 4 is 33.4 Å². The molecule has 2 rings (SSSR count). The first-order valence-electron chi connectivity index (χ1n) is 8.81. The first kappa shape index (κ1) is 19.0. The van der Waals surface area contributed by atoms with Crippen LogP contribution in [0.2, 0.25) is 0 Å². The Kier molecular flexibility index (Phi) is 7.28. The van der Waals surface area contributed by atoms with Gasteiger partial charge >= 0.3 is 0 Å². The molecule has 0 aliphatic heterocycles. The SMILES string of the molecule is CC(=O)N(CCC(=O)NC1CCCCCC1)c1ccc(Br)c(C)c1. The van der Waals surface area contributed by atoms with Crippen LogP contribution in [0, 0.1) is 6.92 Å². The van der Waals surface area contributed by atoms with Gasteiger partial charge in [-0.15, -0.1) is 0 Å². The topological polar surface area (TPSA) is 49.4 Å². The molecule has 1 aliphatic rings. The molecule has 1 aliphatic carbocycles. The summed E-state index contributed by atoms with van der Waals surface area (Å²) in [5, 5.41) is 3.14. The number of aryl methyl sites for hydroxylation is 1. The molecular formula is C19H27BrN2O2. The van der Waals surface area contributed by atoms with Gasteiger partial charge in [0, 0.05) is 36.1 Å². The summed E-state index contributed by atoms with van der Waals surface area (Å²) in [5.41, 5.74) is 1.91. The van der Waals surface area contributed by atoms with Crippen LogP contribution in [0.4, 0.5) is 5.69 Å². The Hall–Kier alpha value is -1.36. The first-order valence-corrected chi connectivity index (χ1v) is 9.60. The maximum Gasteiger partial charge on any atom is 0.223 e. The molecule has 2 amide bonds. The monoisotopic (exact) mass is 394 g/mol. The van der Waals surface area contributed by atoms with E-state index in [1.807, 2.05) is 25.1 Å². The maximum atomic E-state index is 12.2. The molecule has 0 saturated heterocycles. The number of hydrogen-bond acceptors (Lipinski definition) is 2. The Morgan fingerprint density at radius 1 is 1.21 bits per heavy atom. The van der Waals surface area contributed by atoms with Gasteiger partial charge < -0.3 is 10.2 Å². The molecule has 0 heterocycles. The second-order valence-electron chi connectivity index (χ2n) is 6.61. The van der Waals surface area contributed by atoms with Crippen LogP contribution < -0.4 is 10.2 Å². The van der Waals surface area contributed by atoms with Gasteiger partial charge in [-0.05, 0) is 43.5 Å². The Labute approximate surface area is 153 Å². The molecule has 0 aromatic heterocycles. The van der Waals surface area contributed by atoms with Gasteiger partial charge in [0.15, 0.2) is 0 Å². The van der Waals surface area contributed by atoms with Crippen LogP contribution in [0.3, 0.4) is 0 Å². The highest BCUT2D eigenvalue weighted by atomic mass is 79.9. The summed E-state index contributed by atoms with van der Waals surface area (Å²) in [5.74, 6) is 0.000900. The van der Waals surface area contributed by atoms with E-state index in [1.54, 1.807) is 11.8 Å². The average Bonchev–Trinajstić information content (AvgIpc) is 2.79. The van der Waals surface area contributed by atoms with E-state index in [-0.39, 0.29) is 11.8 Å². The fourth-order valence-electron chi connectivity index (χ4n) is 3.20. The fraction of sp³-hybridized carbons (Fsp3) is 0.579. The molecule has 0 radical (unpaired) electrons. The predicted octanol–water partition coefficient (Wildman–Crippen LogP) is 4.34. The van der Waals surface area contributed by atoms with E-state index in [9.17, 15) is 9.59 Å². The van der Waals surface area contributed by atoms with Gasteiger partial charge in [0.05, 0.1) is 0 Å². The highest BCUT2D eigenvalue weighted by molar-refractivity contribution is 9.10. The number of benzene rings is 1. The Balaban J connectivity index is 1.92. The van der Waals surface area contributed by atoms with Crippen LogP contribution >= 0.6 is 15.9 Å². The second kappa shape index (κ2) is 9.21. The minimum atomic E-state index is -0.0426.